The second kappa shape index (κ2) is 5.21. The summed E-state index contributed by atoms with van der Waals surface area (Å²) in [4.78, 5) is 12.3. The average Bonchev–Trinajstić information content (AvgIpc) is 2.79. The van der Waals surface area contributed by atoms with Gasteiger partial charge in [0.15, 0.2) is 5.78 Å². The Morgan fingerprint density at radius 3 is 2.70 bits per heavy atom. The van der Waals surface area contributed by atoms with Crippen LogP contribution in [0.2, 0.25) is 0 Å². The van der Waals surface area contributed by atoms with Gasteiger partial charge < -0.3 is 4.74 Å². The Morgan fingerprint density at radius 1 is 1.25 bits per heavy atom. The molecular formula is C16H18N2O2. The molecule has 1 heterocycles. The minimum absolute atomic E-state index is 0.187. The van der Waals surface area contributed by atoms with Gasteiger partial charge in [-0.2, -0.15) is 5.10 Å². The molecule has 1 unspecified atom stereocenters. The fraction of sp³-hybridized carbons (Fsp3) is 0.375. The first-order valence-corrected chi connectivity index (χ1v) is 6.89. The number of Topliss-reactive ketones (excluding diaryl/α,β-unsaturated/α-hetero) is 1. The van der Waals surface area contributed by atoms with Crippen molar-refractivity contribution < 1.29 is 9.53 Å². The number of methoxy groups -OCH3 is 1. The molecule has 4 nitrogen and oxygen atoms in total. The van der Waals surface area contributed by atoms with Crippen LogP contribution in [0.5, 0.6) is 0 Å². The van der Waals surface area contributed by atoms with Crippen LogP contribution in [0.4, 0.5) is 0 Å². The number of ketones is 1. The van der Waals surface area contributed by atoms with Gasteiger partial charge in [-0.25, -0.2) is 0 Å². The van der Waals surface area contributed by atoms with Crippen LogP contribution in [0.15, 0.2) is 30.3 Å². The van der Waals surface area contributed by atoms with Gasteiger partial charge in [-0.15, -0.1) is 0 Å². The molecule has 104 valence electrons. The molecule has 0 spiro atoms. The van der Waals surface area contributed by atoms with E-state index >= 15 is 0 Å². The van der Waals surface area contributed by atoms with E-state index in [1.807, 2.05) is 37.4 Å². The number of aromatic nitrogens is 2. The number of carbonyl (C=O) groups is 1. The van der Waals surface area contributed by atoms with E-state index in [0.29, 0.717) is 6.42 Å². The Balaban J connectivity index is 2.13. The van der Waals surface area contributed by atoms with E-state index in [4.69, 9.17) is 4.74 Å². The highest BCUT2D eigenvalue weighted by molar-refractivity contribution is 5.99. The van der Waals surface area contributed by atoms with Gasteiger partial charge in [-0.05, 0) is 18.4 Å². The molecule has 0 fully saturated rings. The fourth-order valence-corrected chi connectivity index (χ4v) is 2.95. The first kappa shape index (κ1) is 13.1. The number of fused-ring (bicyclic) bond motifs is 1. The molecule has 4 heteroatoms. The topological polar surface area (TPSA) is 44.1 Å². The van der Waals surface area contributed by atoms with Crippen molar-refractivity contribution in [2.24, 2.45) is 7.05 Å². The predicted molar refractivity (Wildman–Crippen MR) is 75.8 cm³/mol. The van der Waals surface area contributed by atoms with E-state index in [-0.39, 0.29) is 11.9 Å². The third kappa shape index (κ3) is 2.06. The number of aryl methyl sites for hydroxylation is 2. The van der Waals surface area contributed by atoms with Gasteiger partial charge in [-0.1, -0.05) is 30.3 Å². The number of nitrogens with zero attached hydrogens (tertiary/aromatic N) is 2. The molecule has 1 aliphatic carbocycles. The maximum absolute atomic E-state index is 12.3. The molecule has 1 aliphatic rings. The highest BCUT2D eigenvalue weighted by Crippen LogP contribution is 2.32. The summed E-state index contributed by atoms with van der Waals surface area (Å²) in [6.07, 6.45) is 2.13. The van der Waals surface area contributed by atoms with Crippen molar-refractivity contribution in [1.82, 2.24) is 9.78 Å². The molecule has 0 aliphatic heterocycles. The quantitative estimate of drug-likeness (QED) is 0.861. The minimum Gasteiger partial charge on any atom is -0.370 e. The predicted octanol–water partition coefficient (Wildman–Crippen LogP) is 2.67. The molecule has 1 aromatic heterocycles. The lowest BCUT2D eigenvalue weighted by molar-refractivity contribution is 0.0957. The fourth-order valence-electron chi connectivity index (χ4n) is 2.95. The largest absolute Gasteiger partial charge is 0.370 e. The molecule has 0 amide bonds. The SMILES string of the molecule is COC(c1ccccc1)c1c2c(nn1C)CCCC2=O. The van der Waals surface area contributed by atoms with Crippen LogP contribution in [0.3, 0.4) is 0 Å². The number of hydrogen-bond acceptors (Lipinski definition) is 3. The summed E-state index contributed by atoms with van der Waals surface area (Å²) in [6, 6.07) is 9.96. The first-order valence-electron chi connectivity index (χ1n) is 6.89. The van der Waals surface area contributed by atoms with Crippen LogP contribution in [-0.2, 0) is 18.2 Å². The van der Waals surface area contributed by atoms with Gasteiger partial charge >= 0.3 is 0 Å². The number of benzene rings is 1. The lowest BCUT2D eigenvalue weighted by Gasteiger charge is -2.19. The Bertz CT molecular complexity index is 631. The van der Waals surface area contributed by atoms with Gasteiger partial charge in [0.05, 0.1) is 17.0 Å². The summed E-state index contributed by atoms with van der Waals surface area (Å²) in [5.74, 6) is 0.187. The summed E-state index contributed by atoms with van der Waals surface area (Å²) in [5.41, 5.74) is 3.60. The van der Waals surface area contributed by atoms with Gasteiger partial charge in [-0.3, -0.25) is 9.48 Å². The Labute approximate surface area is 118 Å². The molecule has 0 N–H and O–H groups in total. The second-order valence-electron chi connectivity index (χ2n) is 5.13. The molecule has 0 saturated carbocycles. The van der Waals surface area contributed by atoms with Crippen LogP contribution in [-0.4, -0.2) is 22.7 Å². The van der Waals surface area contributed by atoms with Crippen LogP contribution in [0, 0.1) is 0 Å². The maximum Gasteiger partial charge on any atom is 0.166 e. The van der Waals surface area contributed by atoms with E-state index in [0.717, 1.165) is 35.4 Å². The number of hydrogen-bond donors (Lipinski definition) is 0. The van der Waals surface area contributed by atoms with Crippen molar-refractivity contribution >= 4 is 5.78 Å². The van der Waals surface area contributed by atoms with E-state index in [1.54, 1.807) is 11.8 Å². The molecule has 20 heavy (non-hydrogen) atoms. The highest BCUT2D eigenvalue weighted by atomic mass is 16.5. The van der Waals surface area contributed by atoms with Crippen molar-refractivity contribution in [3.8, 4) is 0 Å². The highest BCUT2D eigenvalue weighted by Gasteiger charge is 2.30. The monoisotopic (exact) mass is 270 g/mol. The number of carbonyl (C=O) groups excluding carboxylic acids is 1. The van der Waals surface area contributed by atoms with E-state index in [1.165, 1.54) is 0 Å². The molecular weight excluding hydrogens is 252 g/mol. The molecule has 1 aromatic carbocycles. The summed E-state index contributed by atoms with van der Waals surface area (Å²) >= 11 is 0. The standard InChI is InChI=1S/C16H18N2O2/c1-18-15(14-12(17-18)9-6-10-13(14)19)16(20-2)11-7-4-3-5-8-11/h3-5,7-8,16H,6,9-10H2,1-2H3. The lowest BCUT2D eigenvalue weighted by Crippen LogP contribution is -2.16. The average molecular weight is 270 g/mol. The van der Waals surface area contributed by atoms with E-state index in [9.17, 15) is 4.79 Å². The molecule has 2 aromatic rings. The molecule has 0 bridgehead atoms. The second-order valence-corrected chi connectivity index (χ2v) is 5.13. The van der Waals surface area contributed by atoms with E-state index < -0.39 is 0 Å². The Morgan fingerprint density at radius 2 is 2.00 bits per heavy atom. The van der Waals surface area contributed by atoms with Gasteiger partial charge in [0.1, 0.15) is 6.10 Å². The summed E-state index contributed by atoms with van der Waals surface area (Å²) in [7, 11) is 3.56. The Hall–Kier alpha value is -1.94. The first-order chi connectivity index (χ1) is 9.72. The summed E-state index contributed by atoms with van der Waals surface area (Å²) in [5, 5.41) is 4.51. The molecule has 0 radical (unpaired) electrons. The van der Waals surface area contributed by atoms with Crippen LogP contribution < -0.4 is 0 Å². The smallest absolute Gasteiger partial charge is 0.166 e. The van der Waals surface area contributed by atoms with Crippen molar-refractivity contribution in [3.63, 3.8) is 0 Å². The van der Waals surface area contributed by atoms with Crippen LogP contribution in [0.1, 0.15) is 46.3 Å². The van der Waals surface area contributed by atoms with Crippen molar-refractivity contribution in [1.29, 1.82) is 0 Å². The normalized spacial score (nSPS) is 16.0. The zero-order chi connectivity index (χ0) is 14.1. The van der Waals surface area contributed by atoms with Gasteiger partial charge in [0.2, 0.25) is 0 Å². The lowest BCUT2D eigenvalue weighted by atomic mass is 9.91. The molecule has 1 atom stereocenters. The number of rotatable bonds is 3. The third-order valence-electron chi connectivity index (χ3n) is 3.85. The van der Waals surface area contributed by atoms with Gasteiger partial charge in [0, 0.05) is 20.6 Å². The summed E-state index contributed by atoms with van der Waals surface area (Å²) < 4.78 is 7.46. The molecule has 3 rings (SSSR count). The molecule has 0 saturated heterocycles. The van der Waals surface area contributed by atoms with Crippen LogP contribution >= 0.6 is 0 Å². The Kier molecular flexibility index (Phi) is 3.40. The van der Waals surface area contributed by atoms with Crippen molar-refractivity contribution in [2.75, 3.05) is 7.11 Å². The number of ether oxygens (including phenoxy) is 1. The van der Waals surface area contributed by atoms with Crippen molar-refractivity contribution in [2.45, 2.75) is 25.4 Å². The summed E-state index contributed by atoms with van der Waals surface area (Å²) in [6.45, 7) is 0. The zero-order valence-corrected chi connectivity index (χ0v) is 11.8. The van der Waals surface area contributed by atoms with E-state index in [2.05, 4.69) is 5.10 Å². The maximum atomic E-state index is 12.3. The van der Waals surface area contributed by atoms with Gasteiger partial charge in [0.25, 0.3) is 0 Å². The minimum atomic E-state index is -0.250. The zero-order valence-electron chi connectivity index (χ0n) is 11.8. The third-order valence-corrected chi connectivity index (χ3v) is 3.85. The van der Waals surface area contributed by atoms with Crippen LogP contribution in [0.25, 0.3) is 0 Å². The van der Waals surface area contributed by atoms with Crippen molar-refractivity contribution in [3.05, 3.63) is 52.8 Å².